The highest BCUT2D eigenvalue weighted by atomic mass is 35.5. The summed E-state index contributed by atoms with van der Waals surface area (Å²) in [7, 11) is 0. The van der Waals surface area contributed by atoms with Crippen LogP contribution in [0.5, 0.6) is 0 Å². The molecule has 0 aliphatic carbocycles. The molecule has 1 aliphatic rings. The van der Waals surface area contributed by atoms with Gasteiger partial charge in [0.1, 0.15) is 5.82 Å². The third kappa shape index (κ3) is 6.61. The van der Waals surface area contributed by atoms with E-state index in [9.17, 15) is 4.79 Å². The van der Waals surface area contributed by atoms with Crippen molar-refractivity contribution >= 4 is 29.1 Å². The van der Waals surface area contributed by atoms with Crippen LogP contribution in [0.25, 0.3) is 0 Å². The van der Waals surface area contributed by atoms with Gasteiger partial charge in [-0.3, -0.25) is 4.90 Å². The second-order valence-electron chi connectivity index (χ2n) is 8.44. The number of carbonyl (C=O) groups excluding carboxylic acids is 1. The van der Waals surface area contributed by atoms with Crippen molar-refractivity contribution in [3.63, 3.8) is 0 Å². The molecule has 0 unspecified atom stereocenters. The normalized spacial score (nSPS) is 15.7. The zero-order valence-electron chi connectivity index (χ0n) is 17.4. The van der Waals surface area contributed by atoms with Gasteiger partial charge in [0.25, 0.3) is 0 Å². The summed E-state index contributed by atoms with van der Waals surface area (Å²) >= 11 is 6.31. The van der Waals surface area contributed by atoms with E-state index in [1.807, 2.05) is 51.1 Å². The van der Waals surface area contributed by atoms with Gasteiger partial charge in [0.15, 0.2) is 0 Å². The topological polar surface area (TPSA) is 60.5 Å². The first kappa shape index (κ1) is 21.4. The average Bonchev–Trinajstić information content (AvgIpc) is 2.88. The Kier molecular flexibility index (Phi) is 6.98. The smallest absolute Gasteiger partial charge is 0.319 e. The summed E-state index contributed by atoms with van der Waals surface area (Å²) in [6.07, 6.45) is 2.78. The Balaban J connectivity index is 1.55. The molecule has 1 saturated heterocycles. The largest absolute Gasteiger partial charge is 0.355 e. The first-order valence-corrected chi connectivity index (χ1v) is 10.4. The van der Waals surface area contributed by atoms with Crippen LogP contribution in [0, 0.1) is 0 Å². The molecule has 3 rings (SSSR count). The van der Waals surface area contributed by atoms with Crippen LogP contribution in [0.2, 0.25) is 5.02 Å². The number of nitrogens with one attached hydrogen (secondary N) is 2. The predicted octanol–water partition coefficient (Wildman–Crippen LogP) is 4.37. The quantitative estimate of drug-likeness (QED) is 0.778. The van der Waals surface area contributed by atoms with Crippen molar-refractivity contribution in [1.29, 1.82) is 0 Å². The summed E-state index contributed by atoms with van der Waals surface area (Å²) in [6, 6.07) is 11.7. The molecule has 0 atom stereocenters. The minimum atomic E-state index is -0.278. The molecule has 0 saturated carbocycles. The Morgan fingerprint density at radius 3 is 2.59 bits per heavy atom. The van der Waals surface area contributed by atoms with Gasteiger partial charge in [-0.05, 0) is 51.0 Å². The van der Waals surface area contributed by atoms with Crippen LogP contribution in [-0.4, -0.2) is 47.6 Å². The molecule has 7 heteroatoms. The standard InChI is InChI=1S/C22H30ClN5O/c1-22(2,3)26-21(29)25-18-9-10-20(24-15-18)28-12-6-11-27(13-14-28)16-17-7-4-5-8-19(17)23/h4-5,7-10,15H,6,11-14,16H2,1-3H3,(H2,25,26,29). The number of rotatable bonds is 4. The lowest BCUT2D eigenvalue weighted by Gasteiger charge is -2.23. The average molecular weight is 416 g/mol. The van der Waals surface area contributed by atoms with Crippen LogP contribution >= 0.6 is 11.6 Å². The first-order valence-electron chi connectivity index (χ1n) is 10.1. The maximum Gasteiger partial charge on any atom is 0.319 e. The molecule has 0 bridgehead atoms. The number of benzene rings is 1. The van der Waals surface area contributed by atoms with Crippen molar-refractivity contribution in [2.24, 2.45) is 0 Å². The van der Waals surface area contributed by atoms with Crippen LogP contribution < -0.4 is 15.5 Å². The van der Waals surface area contributed by atoms with Crippen LogP contribution in [0.1, 0.15) is 32.8 Å². The molecule has 1 aromatic heterocycles. The number of nitrogens with zero attached hydrogens (tertiary/aromatic N) is 3. The Morgan fingerprint density at radius 2 is 1.90 bits per heavy atom. The summed E-state index contributed by atoms with van der Waals surface area (Å²) < 4.78 is 0. The molecule has 1 aromatic carbocycles. The van der Waals surface area contributed by atoms with Crippen LogP contribution in [0.4, 0.5) is 16.3 Å². The maximum absolute atomic E-state index is 12.0. The van der Waals surface area contributed by atoms with Gasteiger partial charge >= 0.3 is 6.03 Å². The van der Waals surface area contributed by atoms with E-state index >= 15 is 0 Å². The maximum atomic E-state index is 12.0. The molecule has 29 heavy (non-hydrogen) atoms. The predicted molar refractivity (Wildman–Crippen MR) is 120 cm³/mol. The number of aromatic nitrogens is 1. The van der Waals surface area contributed by atoms with Crippen molar-refractivity contribution in [3.05, 3.63) is 53.2 Å². The van der Waals surface area contributed by atoms with Crippen LogP contribution in [0.3, 0.4) is 0 Å². The minimum Gasteiger partial charge on any atom is -0.355 e. The van der Waals surface area contributed by atoms with Crippen molar-refractivity contribution in [1.82, 2.24) is 15.2 Å². The fourth-order valence-corrected chi connectivity index (χ4v) is 3.57. The van der Waals surface area contributed by atoms with Crippen LogP contribution in [-0.2, 0) is 6.54 Å². The highest BCUT2D eigenvalue weighted by Crippen LogP contribution is 2.20. The lowest BCUT2D eigenvalue weighted by atomic mass is 10.1. The number of hydrogen-bond donors (Lipinski definition) is 2. The third-order valence-electron chi connectivity index (χ3n) is 4.76. The number of hydrogen-bond acceptors (Lipinski definition) is 4. The molecule has 0 spiro atoms. The number of anilines is 2. The van der Waals surface area contributed by atoms with Crippen molar-refractivity contribution in [3.8, 4) is 0 Å². The fourth-order valence-electron chi connectivity index (χ4n) is 3.38. The highest BCUT2D eigenvalue weighted by Gasteiger charge is 2.17. The van der Waals surface area contributed by atoms with E-state index in [1.165, 1.54) is 5.56 Å². The van der Waals surface area contributed by atoms with E-state index in [-0.39, 0.29) is 11.6 Å². The molecule has 156 valence electrons. The number of halogens is 1. The van der Waals surface area contributed by atoms with Gasteiger partial charge in [0, 0.05) is 43.3 Å². The van der Waals surface area contributed by atoms with E-state index in [4.69, 9.17) is 11.6 Å². The van der Waals surface area contributed by atoms with Gasteiger partial charge in [-0.1, -0.05) is 29.8 Å². The van der Waals surface area contributed by atoms with Gasteiger partial charge in [0.05, 0.1) is 11.9 Å². The number of carbonyl (C=O) groups is 1. The SMILES string of the molecule is CC(C)(C)NC(=O)Nc1ccc(N2CCCN(Cc3ccccc3Cl)CC2)nc1. The summed E-state index contributed by atoms with van der Waals surface area (Å²) in [6.45, 7) is 10.6. The zero-order chi connectivity index (χ0) is 20.9. The lowest BCUT2D eigenvalue weighted by molar-refractivity contribution is 0.244. The molecule has 2 aromatic rings. The van der Waals surface area contributed by atoms with Gasteiger partial charge in [0.2, 0.25) is 0 Å². The van der Waals surface area contributed by atoms with Crippen LogP contribution in [0.15, 0.2) is 42.6 Å². The van der Waals surface area contributed by atoms with E-state index in [2.05, 4.69) is 31.5 Å². The first-order chi connectivity index (χ1) is 13.8. The van der Waals surface area contributed by atoms with E-state index in [0.29, 0.717) is 5.69 Å². The Hall–Kier alpha value is -2.31. The Bertz CT molecular complexity index is 819. The van der Waals surface area contributed by atoms with Crippen molar-refractivity contribution in [2.45, 2.75) is 39.3 Å². The van der Waals surface area contributed by atoms with Crippen molar-refractivity contribution in [2.75, 3.05) is 36.4 Å². The number of urea groups is 1. The third-order valence-corrected chi connectivity index (χ3v) is 5.13. The summed E-state index contributed by atoms with van der Waals surface area (Å²) in [4.78, 5) is 21.3. The van der Waals surface area contributed by atoms with Gasteiger partial charge in [-0.2, -0.15) is 0 Å². The van der Waals surface area contributed by atoms with Gasteiger partial charge < -0.3 is 15.5 Å². The molecule has 2 N–H and O–H groups in total. The number of amides is 2. The molecule has 1 aliphatic heterocycles. The Labute approximate surface area is 178 Å². The minimum absolute atomic E-state index is 0.225. The van der Waals surface area contributed by atoms with Gasteiger partial charge in [-0.25, -0.2) is 9.78 Å². The second-order valence-corrected chi connectivity index (χ2v) is 8.85. The zero-order valence-corrected chi connectivity index (χ0v) is 18.2. The van der Waals surface area contributed by atoms with E-state index in [1.54, 1.807) is 6.20 Å². The molecule has 2 heterocycles. The molecule has 2 amide bonds. The lowest BCUT2D eigenvalue weighted by Crippen LogP contribution is -2.43. The molecule has 1 fully saturated rings. The molecular weight excluding hydrogens is 386 g/mol. The van der Waals surface area contributed by atoms with Crippen molar-refractivity contribution < 1.29 is 4.79 Å². The Morgan fingerprint density at radius 1 is 1.10 bits per heavy atom. The summed E-state index contributed by atoms with van der Waals surface area (Å²) in [5, 5.41) is 6.54. The molecule has 6 nitrogen and oxygen atoms in total. The van der Waals surface area contributed by atoms with Gasteiger partial charge in [-0.15, -0.1) is 0 Å². The second kappa shape index (κ2) is 9.46. The molecule has 0 radical (unpaired) electrons. The summed E-state index contributed by atoms with van der Waals surface area (Å²) in [5.41, 5.74) is 1.58. The van der Waals surface area contributed by atoms with E-state index < -0.39 is 0 Å². The number of pyridine rings is 1. The molecular formula is C22H30ClN5O. The van der Waals surface area contributed by atoms with E-state index in [0.717, 1.165) is 50.0 Å². The monoisotopic (exact) mass is 415 g/mol. The summed E-state index contributed by atoms with van der Waals surface area (Å²) in [5.74, 6) is 0.936. The fraction of sp³-hybridized carbons (Fsp3) is 0.455. The highest BCUT2D eigenvalue weighted by molar-refractivity contribution is 6.31.